The van der Waals surface area contributed by atoms with Crippen LogP contribution in [0.25, 0.3) is 0 Å². The van der Waals surface area contributed by atoms with E-state index in [9.17, 15) is 13.2 Å². The molecule has 0 atom stereocenters. The number of nitrogens with zero attached hydrogens (tertiary/aromatic N) is 1. The van der Waals surface area contributed by atoms with Gasteiger partial charge in [0.05, 0.1) is 18.1 Å². The van der Waals surface area contributed by atoms with Gasteiger partial charge in [-0.25, -0.2) is 8.42 Å². The smallest absolute Gasteiger partial charge is 0.261 e. The van der Waals surface area contributed by atoms with Gasteiger partial charge in [-0.1, -0.05) is 18.2 Å². The van der Waals surface area contributed by atoms with E-state index in [-0.39, 0.29) is 16.4 Å². The van der Waals surface area contributed by atoms with E-state index >= 15 is 0 Å². The van der Waals surface area contributed by atoms with Gasteiger partial charge in [0, 0.05) is 35.7 Å². The van der Waals surface area contributed by atoms with Gasteiger partial charge in [0.25, 0.3) is 15.9 Å². The second kappa shape index (κ2) is 9.64. The third kappa shape index (κ3) is 5.53. The maximum absolute atomic E-state index is 12.9. The van der Waals surface area contributed by atoms with E-state index in [1.165, 1.54) is 12.1 Å². The summed E-state index contributed by atoms with van der Waals surface area (Å²) >= 11 is 0. The molecule has 0 bridgehead atoms. The van der Waals surface area contributed by atoms with Crippen molar-refractivity contribution in [3.05, 3.63) is 83.4 Å². The molecule has 0 radical (unpaired) electrons. The maximum atomic E-state index is 12.9. The molecule has 0 spiro atoms. The van der Waals surface area contributed by atoms with Gasteiger partial charge in [0.15, 0.2) is 0 Å². The molecule has 0 saturated carbocycles. The first kappa shape index (κ1) is 22.8. The summed E-state index contributed by atoms with van der Waals surface area (Å²) in [6, 6.07) is 19.0. The van der Waals surface area contributed by atoms with Crippen LogP contribution in [-0.2, 0) is 14.8 Å². The predicted octanol–water partition coefficient (Wildman–Crippen LogP) is 4.19. The van der Waals surface area contributed by atoms with E-state index in [0.717, 1.165) is 29.9 Å². The number of benzene rings is 3. The lowest BCUT2D eigenvalue weighted by Crippen LogP contribution is -2.36. The van der Waals surface area contributed by atoms with Gasteiger partial charge in [-0.3, -0.25) is 9.52 Å². The molecule has 1 amide bonds. The van der Waals surface area contributed by atoms with Crippen molar-refractivity contribution < 1.29 is 17.9 Å². The highest BCUT2D eigenvalue weighted by Gasteiger charge is 2.18. The quantitative estimate of drug-likeness (QED) is 0.570. The number of hydrogen-bond donors (Lipinski definition) is 2. The SMILES string of the molecule is Cc1cccc(NS(=O)(=O)c2cccc(C(=O)Nc3ccc(N4CCOCC4)cc3C)c2)c1. The Kier molecular flexibility index (Phi) is 6.67. The molecular formula is C25H27N3O4S. The lowest BCUT2D eigenvalue weighted by Gasteiger charge is -2.29. The molecule has 8 heteroatoms. The van der Waals surface area contributed by atoms with Crippen molar-refractivity contribution in [3.8, 4) is 0 Å². The summed E-state index contributed by atoms with van der Waals surface area (Å²) in [6.07, 6.45) is 0. The van der Waals surface area contributed by atoms with Crippen LogP contribution < -0.4 is 14.9 Å². The number of carbonyl (C=O) groups is 1. The third-order valence-corrected chi connectivity index (χ3v) is 6.89. The lowest BCUT2D eigenvalue weighted by molar-refractivity contribution is 0.102. The number of aryl methyl sites for hydroxylation is 2. The molecule has 7 nitrogen and oxygen atoms in total. The van der Waals surface area contributed by atoms with E-state index in [0.29, 0.717) is 24.6 Å². The Morgan fingerprint density at radius 3 is 2.42 bits per heavy atom. The normalized spacial score (nSPS) is 14.1. The fraction of sp³-hybridized carbons (Fsp3) is 0.240. The molecule has 0 aliphatic carbocycles. The fourth-order valence-electron chi connectivity index (χ4n) is 3.73. The summed E-state index contributed by atoms with van der Waals surface area (Å²) in [5.41, 5.74) is 4.38. The van der Waals surface area contributed by atoms with E-state index < -0.39 is 10.0 Å². The first-order chi connectivity index (χ1) is 15.8. The van der Waals surface area contributed by atoms with Gasteiger partial charge in [-0.05, 0) is 73.5 Å². The second-order valence-corrected chi connectivity index (χ2v) is 9.74. The molecule has 1 saturated heterocycles. The van der Waals surface area contributed by atoms with Crippen LogP contribution in [-0.4, -0.2) is 40.6 Å². The molecule has 1 aliphatic rings. The fourth-order valence-corrected chi connectivity index (χ4v) is 4.82. The molecule has 3 aromatic carbocycles. The zero-order chi connectivity index (χ0) is 23.4. The summed E-state index contributed by atoms with van der Waals surface area (Å²) < 4.78 is 33.6. The van der Waals surface area contributed by atoms with Gasteiger partial charge in [-0.15, -0.1) is 0 Å². The van der Waals surface area contributed by atoms with Crippen molar-refractivity contribution in [1.29, 1.82) is 0 Å². The van der Waals surface area contributed by atoms with Crippen molar-refractivity contribution in [1.82, 2.24) is 0 Å². The number of sulfonamides is 1. The number of morpholine rings is 1. The Morgan fingerprint density at radius 1 is 0.939 bits per heavy atom. The number of nitrogens with one attached hydrogen (secondary N) is 2. The number of amides is 1. The minimum atomic E-state index is -3.83. The largest absolute Gasteiger partial charge is 0.378 e. The summed E-state index contributed by atoms with van der Waals surface area (Å²) in [6.45, 7) is 6.90. The first-order valence-electron chi connectivity index (χ1n) is 10.8. The van der Waals surface area contributed by atoms with Gasteiger partial charge >= 0.3 is 0 Å². The van der Waals surface area contributed by atoms with E-state index in [1.807, 2.05) is 38.1 Å². The molecule has 1 fully saturated rings. The summed E-state index contributed by atoms with van der Waals surface area (Å²) in [5.74, 6) is -0.371. The minimum Gasteiger partial charge on any atom is -0.378 e. The predicted molar refractivity (Wildman–Crippen MR) is 131 cm³/mol. The van der Waals surface area contributed by atoms with Crippen LogP contribution in [0.2, 0.25) is 0 Å². The van der Waals surface area contributed by atoms with Crippen LogP contribution in [0.3, 0.4) is 0 Å². The summed E-state index contributed by atoms with van der Waals surface area (Å²) in [4.78, 5) is 15.2. The average Bonchev–Trinajstić information content (AvgIpc) is 2.81. The topological polar surface area (TPSA) is 87.7 Å². The molecular weight excluding hydrogens is 438 g/mol. The maximum Gasteiger partial charge on any atom is 0.261 e. The molecule has 0 aromatic heterocycles. The zero-order valence-electron chi connectivity index (χ0n) is 18.7. The Bertz CT molecular complexity index is 1270. The molecule has 4 rings (SSSR count). The molecule has 0 unspecified atom stereocenters. The van der Waals surface area contributed by atoms with Gasteiger partial charge in [0.1, 0.15) is 0 Å². The number of anilines is 3. The highest BCUT2D eigenvalue weighted by molar-refractivity contribution is 7.92. The molecule has 2 N–H and O–H groups in total. The lowest BCUT2D eigenvalue weighted by atomic mass is 10.1. The second-order valence-electron chi connectivity index (χ2n) is 8.06. The van der Waals surface area contributed by atoms with Crippen LogP contribution in [0.5, 0.6) is 0 Å². The standard InChI is InChI=1S/C25H27N3O4S/c1-18-5-3-7-21(15-18)27-33(30,31)23-8-4-6-20(17-23)25(29)26-24-10-9-22(16-19(24)2)28-11-13-32-14-12-28/h3-10,15-17,27H,11-14H2,1-2H3,(H,26,29). The number of ether oxygens (including phenoxy) is 1. The Morgan fingerprint density at radius 2 is 1.70 bits per heavy atom. The van der Waals surface area contributed by atoms with Crippen LogP contribution in [0.4, 0.5) is 17.1 Å². The van der Waals surface area contributed by atoms with Crippen LogP contribution in [0.15, 0.2) is 71.6 Å². The molecule has 1 aliphatic heterocycles. The molecule has 172 valence electrons. The van der Waals surface area contributed by atoms with Crippen LogP contribution in [0.1, 0.15) is 21.5 Å². The summed E-state index contributed by atoms with van der Waals surface area (Å²) in [5, 5.41) is 2.90. The highest BCUT2D eigenvalue weighted by Crippen LogP contribution is 2.24. The Balaban J connectivity index is 1.49. The third-order valence-electron chi connectivity index (χ3n) is 5.51. The van der Waals surface area contributed by atoms with Crippen molar-refractivity contribution in [2.45, 2.75) is 18.7 Å². The summed E-state index contributed by atoms with van der Waals surface area (Å²) in [7, 11) is -3.83. The average molecular weight is 466 g/mol. The van der Waals surface area contributed by atoms with Gasteiger partial charge < -0.3 is 15.0 Å². The number of rotatable bonds is 6. The van der Waals surface area contributed by atoms with Crippen LogP contribution in [0, 0.1) is 13.8 Å². The van der Waals surface area contributed by atoms with Gasteiger partial charge in [-0.2, -0.15) is 0 Å². The zero-order valence-corrected chi connectivity index (χ0v) is 19.5. The Hall–Kier alpha value is -3.36. The molecule has 1 heterocycles. The molecule has 3 aromatic rings. The number of hydrogen-bond acceptors (Lipinski definition) is 5. The first-order valence-corrected chi connectivity index (χ1v) is 12.2. The van der Waals surface area contributed by atoms with Crippen molar-refractivity contribution in [2.24, 2.45) is 0 Å². The monoisotopic (exact) mass is 465 g/mol. The van der Waals surface area contributed by atoms with Crippen molar-refractivity contribution in [2.75, 3.05) is 41.2 Å². The van der Waals surface area contributed by atoms with E-state index in [4.69, 9.17) is 4.74 Å². The highest BCUT2D eigenvalue weighted by atomic mass is 32.2. The van der Waals surface area contributed by atoms with E-state index in [1.54, 1.807) is 30.3 Å². The van der Waals surface area contributed by atoms with Crippen LogP contribution >= 0.6 is 0 Å². The van der Waals surface area contributed by atoms with Crippen molar-refractivity contribution >= 4 is 33.0 Å². The minimum absolute atomic E-state index is 0.0241. The van der Waals surface area contributed by atoms with E-state index in [2.05, 4.69) is 14.9 Å². The molecule has 33 heavy (non-hydrogen) atoms. The van der Waals surface area contributed by atoms with Crippen molar-refractivity contribution in [3.63, 3.8) is 0 Å². The van der Waals surface area contributed by atoms with Gasteiger partial charge in [0.2, 0.25) is 0 Å². The number of carbonyl (C=O) groups excluding carboxylic acids is 1. The Labute approximate surface area is 194 Å².